The molecule has 0 bridgehead atoms. The smallest absolute Gasteiger partial charge is 0.249 e. The lowest BCUT2D eigenvalue weighted by atomic mass is 10.3. The minimum absolute atomic E-state index is 0.102. The van der Waals surface area contributed by atoms with Crippen LogP contribution in [0.1, 0.15) is 10.4 Å². The third-order valence-corrected chi connectivity index (χ3v) is 3.52. The van der Waals surface area contributed by atoms with Crippen molar-refractivity contribution in [3.05, 3.63) is 46.3 Å². The number of fused-ring (bicyclic) bond motifs is 1. The van der Waals surface area contributed by atoms with Crippen molar-refractivity contribution in [1.82, 2.24) is 14.6 Å². The number of thiophene rings is 1. The van der Waals surface area contributed by atoms with E-state index in [1.807, 2.05) is 42.8 Å². The van der Waals surface area contributed by atoms with Crippen molar-refractivity contribution in [2.75, 3.05) is 5.32 Å². The second-order valence-corrected chi connectivity index (χ2v) is 5.28. The predicted molar refractivity (Wildman–Crippen MR) is 74.4 cm³/mol. The molecule has 0 aliphatic heterocycles. The third kappa shape index (κ3) is 2.63. The summed E-state index contributed by atoms with van der Waals surface area (Å²) in [5, 5.41) is 8.89. The van der Waals surface area contributed by atoms with Crippen LogP contribution in [0.3, 0.4) is 0 Å². The van der Waals surface area contributed by atoms with Crippen LogP contribution in [0.2, 0.25) is 0 Å². The van der Waals surface area contributed by atoms with E-state index >= 15 is 0 Å². The van der Waals surface area contributed by atoms with E-state index < -0.39 is 0 Å². The van der Waals surface area contributed by atoms with Gasteiger partial charge in [0.2, 0.25) is 11.9 Å². The maximum atomic E-state index is 11.8. The van der Waals surface area contributed by atoms with Crippen molar-refractivity contribution in [3.63, 3.8) is 0 Å². The summed E-state index contributed by atoms with van der Waals surface area (Å²) in [5.41, 5.74) is 1.81. The molecule has 0 aromatic carbocycles. The van der Waals surface area contributed by atoms with Gasteiger partial charge in [-0.1, -0.05) is 12.1 Å². The van der Waals surface area contributed by atoms with Gasteiger partial charge < -0.3 is 0 Å². The molecule has 0 saturated carbocycles. The van der Waals surface area contributed by atoms with Crippen molar-refractivity contribution in [1.29, 1.82) is 0 Å². The summed E-state index contributed by atoms with van der Waals surface area (Å²) in [6, 6.07) is 7.70. The normalized spacial score (nSPS) is 10.8. The van der Waals surface area contributed by atoms with Gasteiger partial charge in [0, 0.05) is 11.1 Å². The molecule has 96 valence electrons. The highest BCUT2D eigenvalue weighted by Gasteiger charge is 2.09. The molecule has 3 aromatic heterocycles. The molecule has 0 unspecified atom stereocenters. The number of hydrogen-bond donors (Lipinski definition) is 1. The molecule has 19 heavy (non-hydrogen) atoms. The highest BCUT2D eigenvalue weighted by Crippen LogP contribution is 2.11. The summed E-state index contributed by atoms with van der Waals surface area (Å²) < 4.78 is 1.66. The van der Waals surface area contributed by atoms with E-state index in [9.17, 15) is 4.79 Å². The molecule has 0 fully saturated rings. The lowest BCUT2D eigenvalue weighted by Gasteiger charge is -1.97. The third-order valence-electron chi connectivity index (χ3n) is 2.64. The Morgan fingerprint density at radius 3 is 3.11 bits per heavy atom. The number of aromatic nitrogens is 3. The van der Waals surface area contributed by atoms with E-state index in [-0.39, 0.29) is 5.91 Å². The molecule has 5 nitrogen and oxygen atoms in total. The van der Waals surface area contributed by atoms with Crippen LogP contribution in [0.5, 0.6) is 0 Å². The number of pyridine rings is 1. The number of carbonyl (C=O) groups excluding carboxylic acids is 1. The molecule has 0 atom stereocenters. The Hall–Kier alpha value is -2.21. The minimum Gasteiger partial charge on any atom is -0.293 e. The number of nitrogens with zero attached hydrogens (tertiary/aromatic N) is 3. The summed E-state index contributed by atoms with van der Waals surface area (Å²) in [4.78, 5) is 17.1. The fourth-order valence-corrected chi connectivity index (χ4v) is 2.48. The number of hydrogen-bond acceptors (Lipinski definition) is 4. The quantitative estimate of drug-likeness (QED) is 0.795. The summed E-state index contributed by atoms with van der Waals surface area (Å²) in [5.74, 6) is 0.238. The molecule has 1 amide bonds. The molecule has 6 heteroatoms. The lowest BCUT2D eigenvalue weighted by molar-refractivity contribution is -0.115. The predicted octanol–water partition coefficient (Wildman–Crippen LogP) is 2.28. The monoisotopic (exact) mass is 272 g/mol. The van der Waals surface area contributed by atoms with Crippen LogP contribution in [0.15, 0.2) is 35.8 Å². The van der Waals surface area contributed by atoms with Crippen LogP contribution in [0.4, 0.5) is 5.95 Å². The second kappa shape index (κ2) is 4.81. The Labute approximate surface area is 113 Å². The van der Waals surface area contributed by atoms with E-state index in [4.69, 9.17) is 0 Å². The average molecular weight is 272 g/mol. The number of amides is 1. The van der Waals surface area contributed by atoms with Crippen molar-refractivity contribution >= 4 is 28.8 Å². The maximum absolute atomic E-state index is 11.8. The summed E-state index contributed by atoms with van der Waals surface area (Å²) in [6.07, 6.45) is 2.23. The molecular weight excluding hydrogens is 260 g/mol. The Kier molecular flexibility index (Phi) is 3.00. The molecule has 0 aliphatic rings. The highest BCUT2D eigenvalue weighted by molar-refractivity contribution is 7.10. The van der Waals surface area contributed by atoms with Crippen molar-refractivity contribution < 1.29 is 4.79 Å². The molecule has 3 aromatic rings. The van der Waals surface area contributed by atoms with Crippen LogP contribution >= 0.6 is 11.3 Å². The Morgan fingerprint density at radius 1 is 1.42 bits per heavy atom. The molecule has 1 N–H and O–H groups in total. The minimum atomic E-state index is -0.102. The van der Waals surface area contributed by atoms with E-state index in [2.05, 4.69) is 15.4 Å². The lowest BCUT2D eigenvalue weighted by Crippen LogP contribution is -2.14. The van der Waals surface area contributed by atoms with Gasteiger partial charge in [-0.15, -0.1) is 16.4 Å². The molecule has 3 rings (SSSR count). The van der Waals surface area contributed by atoms with Crippen LogP contribution in [-0.2, 0) is 11.2 Å². The average Bonchev–Trinajstić information content (AvgIpc) is 2.97. The summed E-state index contributed by atoms with van der Waals surface area (Å²) >= 11 is 1.56. The fraction of sp³-hybridized carbons (Fsp3) is 0.154. The van der Waals surface area contributed by atoms with Crippen LogP contribution in [-0.4, -0.2) is 20.5 Å². The van der Waals surface area contributed by atoms with Crippen molar-refractivity contribution in [3.8, 4) is 0 Å². The Bertz CT molecular complexity index is 717. The molecule has 0 aliphatic carbocycles. The van der Waals surface area contributed by atoms with E-state index in [1.54, 1.807) is 15.9 Å². The zero-order valence-corrected chi connectivity index (χ0v) is 11.1. The van der Waals surface area contributed by atoms with Gasteiger partial charge in [-0.05, 0) is 30.0 Å². The topological polar surface area (TPSA) is 59.3 Å². The first-order valence-electron chi connectivity index (χ1n) is 5.86. The highest BCUT2D eigenvalue weighted by atomic mass is 32.1. The Balaban J connectivity index is 1.76. The molecule has 0 radical (unpaired) electrons. The van der Waals surface area contributed by atoms with Gasteiger partial charge in [-0.2, -0.15) is 4.98 Å². The van der Waals surface area contributed by atoms with Gasteiger partial charge in [-0.3, -0.25) is 10.1 Å². The van der Waals surface area contributed by atoms with E-state index in [0.29, 0.717) is 12.4 Å². The van der Waals surface area contributed by atoms with Gasteiger partial charge in [-0.25, -0.2) is 4.52 Å². The van der Waals surface area contributed by atoms with E-state index in [0.717, 1.165) is 16.1 Å². The van der Waals surface area contributed by atoms with Gasteiger partial charge in [0.1, 0.15) is 0 Å². The van der Waals surface area contributed by atoms with Gasteiger partial charge in [0.15, 0.2) is 5.65 Å². The standard InChI is InChI=1S/C13H12N4OS/c1-9-4-5-11-14-13(16-17(11)8-9)15-12(18)7-10-3-2-6-19-10/h2-6,8H,7H2,1H3,(H,15,16,18). The first-order valence-corrected chi connectivity index (χ1v) is 6.74. The number of aryl methyl sites for hydroxylation is 1. The first-order chi connectivity index (χ1) is 9.20. The summed E-state index contributed by atoms with van der Waals surface area (Å²) in [7, 11) is 0. The van der Waals surface area contributed by atoms with Gasteiger partial charge in [0.25, 0.3) is 0 Å². The van der Waals surface area contributed by atoms with Crippen molar-refractivity contribution in [2.45, 2.75) is 13.3 Å². The SMILES string of the molecule is Cc1ccc2nc(NC(=O)Cc3cccs3)nn2c1. The first kappa shape index (κ1) is 11.9. The molecule has 0 saturated heterocycles. The maximum Gasteiger partial charge on any atom is 0.249 e. The van der Waals surface area contributed by atoms with Gasteiger partial charge in [0.05, 0.1) is 6.42 Å². The van der Waals surface area contributed by atoms with Crippen LogP contribution < -0.4 is 5.32 Å². The van der Waals surface area contributed by atoms with E-state index in [1.165, 1.54) is 0 Å². The molecule has 0 spiro atoms. The zero-order chi connectivity index (χ0) is 13.2. The molecular formula is C13H12N4OS. The Morgan fingerprint density at radius 2 is 2.32 bits per heavy atom. The second-order valence-electron chi connectivity index (χ2n) is 4.25. The van der Waals surface area contributed by atoms with Crippen LogP contribution in [0, 0.1) is 6.92 Å². The number of anilines is 1. The van der Waals surface area contributed by atoms with Crippen LogP contribution in [0.25, 0.3) is 5.65 Å². The van der Waals surface area contributed by atoms with Gasteiger partial charge >= 0.3 is 0 Å². The zero-order valence-electron chi connectivity index (χ0n) is 10.3. The largest absolute Gasteiger partial charge is 0.293 e. The van der Waals surface area contributed by atoms with Crippen molar-refractivity contribution in [2.24, 2.45) is 0 Å². The number of rotatable bonds is 3. The number of carbonyl (C=O) groups is 1. The fourth-order valence-electron chi connectivity index (χ4n) is 1.78. The molecule has 3 heterocycles. The number of nitrogens with one attached hydrogen (secondary N) is 1. The summed E-state index contributed by atoms with van der Waals surface area (Å²) in [6.45, 7) is 1.98.